The van der Waals surface area contributed by atoms with Crippen molar-refractivity contribution in [2.75, 3.05) is 7.11 Å². The number of esters is 1. The second-order valence-electron chi connectivity index (χ2n) is 3.99. The van der Waals surface area contributed by atoms with Crippen LogP contribution in [0.4, 0.5) is 0 Å². The highest BCUT2D eigenvalue weighted by Crippen LogP contribution is 2.32. The molecule has 1 aromatic rings. The third-order valence-electron chi connectivity index (χ3n) is 2.41. The second kappa shape index (κ2) is 4.31. The van der Waals surface area contributed by atoms with E-state index in [-0.39, 0.29) is 5.97 Å². The van der Waals surface area contributed by atoms with Gasteiger partial charge in [0.05, 0.1) is 23.2 Å². The van der Waals surface area contributed by atoms with E-state index in [4.69, 9.17) is 4.74 Å². The monoisotopic (exact) mass is 227 g/mol. The van der Waals surface area contributed by atoms with E-state index in [1.807, 2.05) is 20.8 Å². The number of thiazole rings is 1. The molecule has 84 valence electrons. The van der Waals surface area contributed by atoms with Crippen LogP contribution in [0.1, 0.15) is 36.3 Å². The molecule has 0 atom stereocenters. The van der Waals surface area contributed by atoms with Gasteiger partial charge in [0.15, 0.2) is 0 Å². The predicted molar refractivity (Wildman–Crippen MR) is 61.3 cm³/mol. The Hall–Kier alpha value is -0.900. The smallest absolute Gasteiger partial charge is 0.316 e. The number of aromatic nitrogens is 1. The van der Waals surface area contributed by atoms with Crippen LogP contribution < -0.4 is 0 Å². The molecule has 0 amide bonds. The van der Waals surface area contributed by atoms with E-state index in [9.17, 15) is 4.79 Å². The third kappa shape index (κ3) is 2.20. The fourth-order valence-electron chi connectivity index (χ4n) is 1.53. The summed E-state index contributed by atoms with van der Waals surface area (Å²) >= 11 is 1.60. The average Bonchev–Trinajstić information content (AvgIpc) is 2.58. The normalized spacial score (nSPS) is 11.5. The number of ether oxygens (including phenoxy) is 1. The Morgan fingerprint density at radius 2 is 2.13 bits per heavy atom. The molecule has 1 aromatic heterocycles. The van der Waals surface area contributed by atoms with Gasteiger partial charge in [0.2, 0.25) is 0 Å². The lowest BCUT2D eigenvalue weighted by Crippen LogP contribution is -2.29. The molecule has 1 rings (SSSR count). The van der Waals surface area contributed by atoms with E-state index in [0.717, 1.165) is 22.0 Å². The van der Waals surface area contributed by atoms with Crippen molar-refractivity contribution in [1.29, 1.82) is 0 Å². The summed E-state index contributed by atoms with van der Waals surface area (Å²) in [5.41, 5.74) is 0.344. The molecule has 0 unspecified atom stereocenters. The number of rotatable bonds is 3. The molecule has 1 heterocycles. The Morgan fingerprint density at radius 3 is 2.53 bits per heavy atom. The zero-order valence-electron chi connectivity index (χ0n) is 9.88. The highest BCUT2D eigenvalue weighted by atomic mass is 32.1. The van der Waals surface area contributed by atoms with Gasteiger partial charge in [-0.3, -0.25) is 4.79 Å². The molecular weight excluding hydrogens is 210 g/mol. The van der Waals surface area contributed by atoms with Crippen LogP contribution in [-0.4, -0.2) is 18.1 Å². The summed E-state index contributed by atoms with van der Waals surface area (Å²) in [7, 11) is 1.42. The number of methoxy groups -OCH3 is 1. The molecule has 0 N–H and O–H groups in total. The number of nitrogens with zero attached hydrogens (tertiary/aromatic N) is 1. The van der Waals surface area contributed by atoms with Crippen LogP contribution in [0.3, 0.4) is 0 Å². The maximum absolute atomic E-state index is 11.6. The third-order valence-corrected chi connectivity index (χ3v) is 4.03. The van der Waals surface area contributed by atoms with Gasteiger partial charge < -0.3 is 4.74 Å². The van der Waals surface area contributed by atoms with Gasteiger partial charge in [-0.1, -0.05) is 6.92 Å². The minimum atomic E-state index is -0.593. The lowest BCUT2D eigenvalue weighted by Gasteiger charge is -2.20. The number of carbonyl (C=O) groups is 1. The minimum Gasteiger partial charge on any atom is -0.468 e. The zero-order valence-corrected chi connectivity index (χ0v) is 10.7. The van der Waals surface area contributed by atoms with E-state index in [1.165, 1.54) is 7.11 Å². The summed E-state index contributed by atoms with van der Waals surface area (Å²) in [6, 6.07) is 0. The molecule has 4 heteroatoms. The van der Waals surface area contributed by atoms with Crippen molar-refractivity contribution in [1.82, 2.24) is 4.98 Å². The summed E-state index contributed by atoms with van der Waals surface area (Å²) in [5.74, 6) is -0.211. The average molecular weight is 227 g/mol. The predicted octanol–water partition coefficient (Wildman–Crippen LogP) is 2.46. The molecule has 0 aliphatic rings. The molecule has 15 heavy (non-hydrogen) atoms. The first kappa shape index (κ1) is 12.2. The largest absolute Gasteiger partial charge is 0.468 e. The lowest BCUT2D eigenvalue weighted by atomic mass is 9.91. The van der Waals surface area contributed by atoms with Gasteiger partial charge >= 0.3 is 5.97 Å². The van der Waals surface area contributed by atoms with Gasteiger partial charge in [-0.25, -0.2) is 4.98 Å². The fourth-order valence-corrected chi connectivity index (χ4v) is 2.63. The number of hydrogen-bond donors (Lipinski definition) is 0. The summed E-state index contributed by atoms with van der Waals surface area (Å²) in [4.78, 5) is 17.1. The van der Waals surface area contributed by atoms with Crippen molar-refractivity contribution < 1.29 is 9.53 Å². The van der Waals surface area contributed by atoms with Crippen molar-refractivity contribution in [3.63, 3.8) is 0 Å². The number of aryl methyl sites for hydroxylation is 2. The van der Waals surface area contributed by atoms with Gasteiger partial charge in [-0.2, -0.15) is 0 Å². The Bertz CT molecular complexity index is 369. The molecule has 0 radical (unpaired) electrons. The van der Waals surface area contributed by atoms with E-state index in [1.54, 1.807) is 11.3 Å². The molecule has 0 fully saturated rings. The van der Waals surface area contributed by atoms with Crippen molar-refractivity contribution in [2.45, 2.75) is 39.5 Å². The van der Waals surface area contributed by atoms with Crippen LogP contribution in [-0.2, 0) is 21.4 Å². The Balaban J connectivity index is 3.14. The van der Waals surface area contributed by atoms with Gasteiger partial charge in [0, 0.05) is 4.88 Å². The molecule has 3 nitrogen and oxygen atoms in total. The summed E-state index contributed by atoms with van der Waals surface area (Å²) in [6.07, 6.45) is 0.906. The van der Waals surface area contributed by atoms with E-state index in [2.05, 4.69) is 11.9 Å². The molecule has 0 bridgehead atoms. The van der Waals surface area contributed by atoms with Gasteiger partial charge in [-0.15, -0.1) is 11.3 Å². The summed E-state index contributed by atoms with van der Waals surface area (Å²) in [5, 5.41) is 1.07. The maximum atomic E-state index is 11.6. The van der Waals surface area contributed by atoms with Crippen molar-refractivity contribution in [3.05, 3.63) is 15.6 Å². The van der Waals surface area contributed by atoms with Gasteiger partial charge in [-0.05, 0) is 27.2 Å². The van der Waals surface area contributed by atoms with E-state index < -0.39 is 5.41 Å². The highest BCUT2D eigenvalue weighted by Gasteiger charge is 2.34. The van der Waals surface area contributed by atoms with E-state index >= 15 is 0 Å². The minimum absolute atomic E-state index is 0.211. The van der Waals surface area contributed by atoms with Crippen LogP contribution in [0.25, 0.3) is 0 Å². The molecule has 0 saturated carbocycles. The SMILES string of the molecule is CCc1nc(C)c(C(C)(C)C(=O)OC)s1. The maximum Gasteiger partial charge on any atom is 0.316 e. The summed E-state index contributed by atoms with van der Waals surface area (Å²) in [6.45, 7) is 7.75. The quantitative estimate of drug-likeness (QED) is 0.745. The molecule has 0 spiro atoms. The van der Waals surface area contributed by atoms with Crippen molar-refractivity contribution >= 4 is 17.3 Å². The van der Waals surface area contributed by atoms with Crippen molar-refractivity contribution in [2.24, 2.45) is 0 Å². The van der Waals surface area contributed by atoms with Gasteiger partial charge in [0.1, 0.15) is 0 Å². The molecular formula is C11H17NO2S. The Morgan fingerprint density at radius 1 is 1.53 bits per heavy atom. The Labute approximate surface area is 94.5 Å². The molecule has 0 saturated heterocycles. The zero-order chi connectivity index (χ0) is 11.6. The Kier molecular flexibility index (Phi) is 3.50. The fraction of sp³-hybridized carbons (Fsp3) is 0.636. The number of carbonyl (C=O) groups excluding carboxylic acids is 1. The van der Waals surface area contributed by atoms with Gasteiger partial charge in [0.25, 0.3) is 0 Å². The summed E-state index contributed by atoms with van der Waals surface area (Å²) < 4.78 is 4.81. The lowest BCUT2D eigenvalue weighted by molar-refractivity contribution is -0.146. The van der Waals surface area contributed by atoms with Crippen LogP contribution >= 0.6 is 11.3 Å². The van der Waals surface area contributed by atoms with Crippen LogP contribution in [0.2, 0.25) is 0 Å². The molecule has 0 aromatic carbocycles. The first-order valence-electron chi connectivity index (χ1n) is 4.98. The standard InChI is InChI=1S/C11H17NO2S/c1-6-8-12-7(2)9(15-8)11(3,4)10(13)14-5/h6H2,1-5H3. The van der Waals surface area contributed by atoms with E-state index in [0.29, 0.717) is 0 Å². The van der Waals surface area contributed by atoms with Crippen LogP contribution in [0.15, 0.2) is 0 Å². The first-order chi connectivity index (χ1) is 6.93. The molecule has 0 aliphatic heterocycles. The van der Waals surface area contributed by atoms with Crippen molar-refractivity contribution in [3.8, 4) is 0 Å². The number of hydrogen-bond acceptors (Lipinski definition) is 4. The highest BCUT2D eigenvalue weighted by molar-refractivity contribution is 7.12. The first-order valence-corrected chi connectivity index (χ1v) is 5.80. The molecule has 0 aliphatic carbocycles. The van der Waals surface area contributed by atoms with Crippen LogP contribution in [0, 0.1) is 6.92 Å². The second-order valence-corrected chi connectivity index (χ2v) is 5.08. The topological polar surface area (TPSA) is 39.2 Å². The van der Waals surface area contributed by atoms with Crippen LogP contribution in [0.5, 0.6) is 0 Å².